The van der Waals surface area contributed by atoms with Crippen LogP contribution in [0.3, 0.4) is 0 Å². The van der Waals surface area contributed by atoms with Crippen molar-refractivity contribution in [2.75, 3.05) is 64.0 Å². The molecule has 1 aliphatic carbocycles. The van der Waals surface area contributed by atoms with Gasteiger partial charge in [0.1, 0.15) is 0 Å². The van der Waals surface area contributed by atoms with Crippen molar-refractivity contribution in [3.05, 3.63) is 34.7 Å². The summed E-state index contributed by atoms with van der Waals surface area (Å²) in [6.45, 7) is 0. The van der Waals surface area contributed by atoms with Gasteiger partial charge in [-0.1, -0.05) is 24.3 Å². The molecule has 0 radical (unpaired) electrons. The molecule has 0 aromatic carbocycles. The minimum Gasteiger partial charge on any atom is -0.377 e. The van der Waals surface area contributed by atoms with E-state index in [1.165, 1.54) is 0 Å². The summed E-state index contributed by atoms with van der Waals surface area (Å²) in [4.78, 5) is 0. The third-order valence-corrected chi connectivity index (χ3v) is 15.0. The van der Waals surface area contributed by atoms with Gasteiger partial charge in [0.2, 0.25) is 0 Å². The molecule has 0 fully saturated rings. The highest BCUT2D eigenvalue weighted by molar-refractivity contribution is 6.69. The Morgan fingerprint density at radius 1 is 0.667 bits per heavy atom. The minimum atomic E-state index is -3.04. The molecule has 1 rings (SSSR count). The van der Waals surface area contributed by atoms with Crippen LogP contribution in [0.5, 0.6) is 0 Å². The van der Waals surface area contributed by atoms with Crippen molar-refractivity contribution >= 4 is 26.4 Å². The Morgan fingerprint density at radius 3 is 1.64 bits per heavy atom. The van der Waals surface area contributed by atoms with Crippen molar-refractivity contribution < 1.29 is 39.8 Å². The molecular formula is C21H42O9Si3. The van der Waals surface area contributed by atoms with E-state index in [-0.39, 0.29) is 5.54 Å². The molecule has 1 aliphatic rings. The second kappa shape index (κ2) is 14.8. The normalized spacial score (nSPS) is 21.1. The Hall–Kier alpha value is -0.489. The van der Waals surface area contributed by atoms with Crippen LogP contribution in [0.25, 0.3) is 0 Å². The lowest BCUT2D eigenvalue weighted by Crippen LogP contribution is -2.48. The zero-order valence-electron chi connectivity index (χ0n) is 21.6. The molecule has 1 unspecified atom stereocenters. The van der Waals surface area contributed by atoms with E-state index in [0.29, 0.717) is 0 Å². The monoisotopic (exact) mass is 522 g/mol. The summed E-state index contributed by atoms with van der Waals surface area (Å²) in [5, 5.41) is 1.84. The SMILES string of the molecule is CO[Si](OC)(OC)C1=CCCC([Si](OC)(OC)OC)CCC/C([Si](OC)(OC)OC)=C\C=C1. The Balaban J connectivity index is 3.55. The quantitative estimate of drug-likeness (QED) is 0.358. The molecule has 0 spiro atoms. The third-order valence-electron chi connectivity index (χ3n) is 6.16. The molecule has 0 N–H and O–H groups in total. The van der Waals surface area contributed by atoms with Crippen LogP contribution < -0.4 is 0 Å². The van der Waals surface area contributed by atoms with Crippen molar-refractivity contribution in [1.29, 1.82) is 0 Å². The lowest BCUT2D eigenvalue weighted by Gasteiger charge is -2.33. The summed E-state index contributed by atoms with van der Waals surface area (Å²) in [6, 6.07) is 0. The maximum atomic E-state index is 5.83. The van der Waals surface area contributed by atoms with Gasteiger partial charge in [0.15, 0.2) is 0 Å². The van der Waals surface area contributed by atoms with Gasteiger partial charge >= 0.3 is 26.4 Å². The van der Waals surface area contributed by atoms with Crippen LogP contribution in [-0.4, -0.2) is 90.4 Å². The van der Waals surface area contributed by atoms with Crippen LogP contribution in [0.2, 0.25) is 5.54 Å². The molecule has 0 aromatic heterocycles. The number of hydrogen-bond donors (Lipinski definition) is 0. The summed E-state index contributed by atoms with van der Waals surface area (Å²) in [6.07, 6.45) is 12.1. The third kappa shape index (κ3) is 7.02. The summed E-state index contributed by atoms with van der Waals surface area (Å²) < 4.78 is 52.0. The number of rotatable bonds is 12. The second-order valence-electron chi connectivity index (χ2n) is 7.43. The molecule has 9 nitrogen and oxygen atoms in total. The summed E-state index contributed by atoms with van der Waals surface area (Å²) in [5.41, 5.74) is 0.104. The van der Waals surface area contributed by atoms with Crippen LogP contribution >= 0.6 is 0 Å². The van der Waals surface area contributed by atoms with E-state index in [9.17, 15) is 0 Å². The first-order valence-electron chi connectivity index (χ1n) is 10.9. The first-order valence-corrected chi connectivity index (χ1v) is 16.2. The molecule has 12 heteroatoms. The molecular weight excluding hydrogens is 480 g/mol. The zero-order valence-corrected chi connectivity index (χ0v) is 24.6. The predicted molar refractivity (Wildman–Crippen MR) is 132 cm³/mol. The van der Waals surface area contributed by atoms with Gasteiger partial charge in [0.05, 0.1) is 0 Å². The van der Waals surface area contributed by atoms with Gasteiger partial charge in [-0.3, -0.25) is 0 Å². The van der Waals surface area contributed by atoms with Crippen molar-refractivity contribution in [2.24, 2.45) is 0 Å². The summed E-state index contributed by atoms with van der Waals surface area (Å²) in [5.74, 6) is 0. The van der Waals surface area contributed by atoms with Crippen molar-refractivity contribution in [2.45, 2.75) is 37.6 Å². The van der Waals surface area contributed by atoms with E-state index in [4.69, 9.17) is 39.8 Å². The average molecular weight is 523 g/mol. The van der Waals surface area contributed by atoms with Crippen LogP contribution in [0.4, 0.5) is 0 Å². The molecule has 0 bridgehead atoms. The maximum Gasteiger partial charge on any atom is 0.536 e. The average Bonchev–Trinajstić information content (AvgIpc) is 2.85. The Morgan fingerprint density at radius 2 is 1.18 bits per heavy atom. The van der Waals surface area contributed by atoms with Crippen LogP contribution in [0.1, 0.15) is 32.1 Å². The molecule has 192 valence electrons. The highest BCUT2D eigenvalue weighted by Crippen LogP contribution is 2.36. The maximum absolute atomic E-state index is 5.83. The minimum absolute atomic E-state index is 0.104. The van der Waals surface area contributed by atoms with Crippen molar-refractivity contribution in [1.82, 2.24) is 0 Å². The first kappa shape index (κ1) is 30.5. The Kier molecular flexibility index (Phi) is 13.7. The van der Waals surface area contributed by atoms with E-state index in [1.807, 2.05) is 18.2 Å². The standard InChI is InChI=1S/C21H42O9Si3/c1-22-31(23-2,24-3)19-13-10-15-20(32(25-4,26-5)27-6)17-12-18-21(16-11-14-19)33(28-7,29-8)30-9/h10,13-15,21H,11-12,16-18H2,1-9H3/b13-10?,19-14?,20-15+. The van der Waals surface area contributed by atoms with Gasteiger partial charge in [0.25, 0.3) is 0 Å². The van der Waals surface area contributed by atoms with Gasteiger partial charge in [-0.2, -0.15) is 0 Å². The molecule has 1 atom stereocenters. The fraction of sp³-hybridized carbons (Fsp3) is 0.714. The van der Waals surface area contributed by atoms with E-state index < -0.39 is 26.4 Å². The van der Waals surface area contributed by atoms with Gasteiger partial charge in [0, 0.05) is 79.9 Å². The first-order chi connectivity index (χ1) is 15.9. The largest absolute Gasteiger partial charge is 0.536 e. The predicted octanol–water partition coefficient (Wildman–Crippen LogP) is 3.44. The van der Waals surface area contributed by atoms with Crippen molar-refractivity contribution in [3.63, 3.8) is 0 Å². The van der Waals surface area contributed by atoms with E-state index in [2.05, 4.69) is 6.08 Å². The van der Waals surface area contributed by atoms with Gasteiger partial charge in [-0.25, -0.2) is 0 Å². The van der Waals surface area contributed by atoms with Gasteiger partial charge in [-0.15, -0.1) is 0 Å². The Bertz CT molecular complexity index is 633. The van der Waals surface area contributed by atoms with Crippen LogP contribution in [0, 0.1) is 0 Å². The van der Waals surface area contributed by atoms with Gasteiger partial charge < -0.3 is 39.8 Å². The highest BCUT2D eigenvalue weighted by atomic mass is 28.4. The summed E-state index contributed by atoms with van der Waals surface area (Å²) >= 11 is 0. The molecule has 0 aliphatic heterocycles. The van der Waals surface area contributed by atoms with E-state index >= 15 is 0 Å². The molecule has 33 heavy (non-hydrogen) atoms. The molecule has 0 amide bonds. The number of allylic oxidation sites excluding steroid dienone is 6. The topological polar surface area (TPSA) is 83.1 Å². The van der Waals surface area contributed by atoms with Crippen LogP contribution in [0.15, 0.2) is 34.7 Å². The van der Waals surface area contributed by atoms with E-state index in [1.54, 1.807) is 64.0 Å². The zero-order chi connectivity index (χ0) is 25.0. The lowest BCUT2D eigenvalue weighted by molar-refractivity contribution is 0.107. The second-order valence-corrected chi connectivity index (χ2v) is 16.6. The summed E-state index contributed by atoms with van der Waals surface area (Å²) in [7, 11) is 5.72. The van der Waals surface area contributed by atoms with E-state index in [0.717, 1.165) is 42.5 Å². The smallest absolute Gasteiger partial charge is 0.377 e. The van der Waals surface area contributed by atoms with Gasteiger partial charge in [-0.05, 0) is 32.1 Å². The Labute approximate surface area is 202 Å². The fourth-order valence-corrected chi connectivity index (χ4v) is 10.9. The molecule has 0 saturated heterocycles. The highest BCUT2D eigenvalue weighted by Gasteiger charge is 2.48. The molecule has 0 aromatic rings. The van der Waals surface area contributed by atoms with Crippen LogP contribution in [-0.2, 0) is 39.8 Å². The lowest BCUT2D eigenvalue weighted by atomic mass is 10.1. The number of hydrogen-bond acceptors (Lipinski definition) is 9. The molecule has 0 saturated carbocycles. The fourth-order valence-electron chi connectivity index (χ4n) is 4.38. The molecule has 0 heterocycles. The van der Waals surface area contributed by atoms with Crippen molar-refractivity contribution in [3.8, 4) is 0 Å².